The Kier molecular flexibility index (Phi) is 6.83. The first-order valence-corrected chi connectivity index (χ1v) is 12.9. The molecule has 0 aliphatic carbocycles. The third-order valence-corrected chi connectivity index (χ3v) is 6.80. The first-order valence-electron chi connectivity index (χ1n) is 11.0. The van der Waals surface area contributed by atoms with Gasteiger partial charge in [0.15, 0.2) is 9.84 Å². The molecule has 0 fully saturated rings. The van der Waals surface area contributed by atoms with E-state index >= 15 is 0 Å². The SMILES string of the molecule is CCC[C@@H](NC(=O)c1cncc2c1cnn2-c1ccc(F)cc1)c1ccc(OC)c(S(C)(=O)=O)c1. The summed E-state index contributed by atoms with van der Waals surface area (Å²) in [5, 5.41) is 7.96. The monoisotopic (exact) mass is 496 g/mol. The van der Waals surface area contributed by atoms with Crippen LogP contribution in [-0.2, 0) is 9.84 Å². The van der Waals surface area contributed by atoms with Gasteiger partial charge < -0.3 is 10.1 Å². The maximum atomic E-state index is 13.3. The van der Waals surface area contributed by atoms with Crippen LogP contribution in [0.5, 0.6) is 5.75 Å². The maximum Gasteiger partial charge on any atom is 0.254 e. The Morgan fingerprint density at radius 1 is 1.14 bits per heavy atom. The number of halogens is 1. The number of aromatic nitrogens is 3. The predicted octanol–water partition coefficient (Wildman–Crippen LogP) is 4.24. The number of nitrogens with zero attached hydrogens (tertiary/aromatic N) is 3. The van der Waals surface area contributed by atoms with Crippen LogP contribution < -0.4 is 10.1 Å². The summed E-state index contributed by atoms with van der Waals surface area (Å²) in [4.78, 5) is 17.6. The molecule has 2 aromatic heterocycles. The smallest absolute Gasteiger partial charge is 0.254 e. The minimum atomic E-state index is -3.53. The lowest BCUT2D eigenvalue weighted by Gasteiger charge is -2.20. The third kappa shape index (κ3) is 5.02. The number of nitrogens with one attached hydrogen (secondary N) is 1. The topological polar surface area (TPSA) is 103 Å². The van der Waals surface area contributed by atoms with Crippen molar-refractivity contribution in [2.75, 3.05) is 13.4 Å². The molecular formula is C25H25FN4O4S. The molecule has 0 saturated heterocycles. The molecule has 8 nitrogen and oxygen atoms in total. The number of benzene rings is 2. The fraction of sp³-hybridized carbons (Fsp3) is 0.240. The van der Waals surface area contributed by atoms with Crippen molar-refractivity contribution in [2.24, 2.45) is 0 Å². The molecule has 4 aromatic rings. The predicted molar refractivity (Wildman–Crippen MR) is 130 cm³/mol. The lowest BCUT2D eigenvalue weighted by atomic mass is 10.0. The number of carbonyl (C=O) groups excluding carboxylic acids is 1. The van der Waals surface area contributed by atoms with Crippen LogP contribution >= 0.6 is 0 Å². The molecule has 10 heteroatoms. The van der Waals surface area contributed by atoms with Crippen molar-refractivity contribution in [3.8, 4) is 11.4 Å². The highest BCUT2D eigenvalue weighted by molar-refractivity contribution is 7.90. The Labute approximate surface area is 202 Å². The van der Waals surface area contributed by atoms with Crippen molar-refractivity contribution in [2.45, 2.75) is 30.7 Å². The van der Waals surface area contributed by atoms with E-state index in [0.29, 0.717) is 34.1 Å². The average Bonchev–Trinajstić information content (AvgIpc) is 3.27. The summed E-state index contributed by atoms with van der Waals surface area (Å²) in [7, 11) is -2.12. The number of ether oxygens (including phenoxy) is 1. The summed E-state index contributed by atoms with van der Waals surface area (Å²) in [5.41, 5.74) is 2.22. The molecule has 2 heterocycles. The number of fused-ring (bicyclic) bond motifs is 1. The quantitative estimate of drug-likeness (QED) is 0.391. The van der Waals surface area contributed by atoms with Crippen LogP contribution in [0.1, 0.15) is 41.7 Å². The zero-order valence-corrected chi connectivity index (χ0v) is 20.3. The van der Waals surface area contributed by atoms with Crippen LogP contribution in [-0.4, -0.2) is 42.5 Å². The highest BCUT2D eigenvalue weighted by Crippen LogP contribution is 2.30. The van der Waals surface area contributed by atoms with E-state index in [0.717, 1.165) is 12.7 Å². The average molecular weight is 497 g/mol. The standard InChI is InChI=1S/C25H25FN4O4S/c1-4-5-21(16-6-11-23(34-2)24(12-16)35(3,32)33)29-25(31)20-13-27-15-22-19(20)14-28-30(22)18-9-7-17(26)8-10-18/h6-15,21H,4-5H2,1-3H3,(H,29,31)/t21-/m1/s1. The second kappa shape index (κ2) is 9.83. The Hall–Kier alpha value is -3.79. The van der Waals surface area contributed by atoms with Gasteiger partial charge in [0.05, 0.1) is 42.3 Å². The normalized spacial score (nSPS) is 12.5. The number of methoxy groups -OCH3 is 1. The fourth-order valence-electron chi connectivity index (χ4n) is 3.96. The lowest BCUT2D eigenvalue weighted by molar-refractivity contribution is 0.0935. The minimum absolute atomic E-state index is 0.0668. The summed E-state index contributed by atoms with van der Waals surface area (Å²) in [5.74, 6) is -0.472. The molecule has 35 heavy (non-hydrogen) atoms. The van der Waals surface area contributed by atoms with Crippen LogP contribution in [0.3, 0.4) is 0 Å². The van der Waals surface area contributed by atoms with Gasteiger partial charge in [-0.25, -0.2) is 17.5 Å². The van der Waals surface area contributed by atoms with Crippen LogP contribution in [0.4, 0.5) is 4.39 Å². The molecule has 0 saturated carbocycles. The van der Waals surface area contributed by atoms with Gasteiger partial charge in [0.25, 0.3) is 5.91 Å². The van der Waals surface area contributed by atoms with E-state index in [1.807, 2.05) is 6.92 Å². The summed E-state index contributed by atoms with van der Waals surface area (Å²) < 4.78 is 44.7. The fourth-order valence-corrected chi connectivity index (χ4v) is 4.82. The minimum Gasteiger partial charge on any atom is -0.495 e. The van der Waals surface area contributed by atoms with Gasteiger partial charge in [0.1, 0.15) is 16.5 Å². The Morgan fingerprint density at radius 3 is 2.54 bits per heavy atom. The number of amides is 1. The molecule has 0 radical (unpaired) electrons. The molecule has 182 valence electrons. The zero-order chi connectivity index (χ0) is 25.2. The molecule has 1 atom stereocenters. The lowest BCUT2D eigenvalue weighted by Crippen LogP contribution is -2.29. The first kappa shape index (κ1) is 24.3. The number of carbonyl (C=O) groups is 1. The van der Waals surface area contributed by atoms with Gasteiger partial charge >= 0.3 is 0 Å². The van der Waals surface area contributed by atoms with E-state index in [-0.39, 0.29) is 22.4 Å². The van der Waals surface area contributed by atoms with E-state index in [1.54, 1.807) is 47.4 Å². The molecule has 1 N–H and O–H groups in total. The van der Waals surface area contributed by atoms with Gasteiger partial charge in [-0.15, -0.1) is 0 Å². The molecule has 0 aliphatic heterocycles. The molecular weight excluding hydrogens is 471 g/mol. The number of sulfone groups is 1. The van der Waals surface area contributed by atoms with E-state index < -0.39 is 15.9 Å². The van der Waals surface area contributed by atoms with Crippen LogP contribution in [0.25, 0.3) is 16.6 Å². The number of hydrogen-bond acceptors (Lipinski definition) is 6. The Bertz CT molecular complexity index is 1480. The number of hydrogen-bond donors (Lipinski definition) is 1. The van der Waals surface area contributed by atoms with Crippen LogP contribution in [0.15, 0.2) is 66.0 Å². The molecule has 0 spiro atoms. The molecule has 0 aliphatic rings. The van der Waals surface area contributed by atoms with Gasteiger partial charge in [-0.3, -0.25) is 9.78 Å². The largest absolute Gasteiger partial charge is 0.495 e. The van der Waals surface area contributed by atoms with Crippen molar-refractivity contribution in [3.63, 3.8) is 0 Å². The van der Waals surface area contributed by atoms with Crippen LogP contribution in [0, 0.1) is 5.82 Å². The zero-order valence-electron chi connectivity index (χ0n) is 19.5. The maximum absolute atomic E-state index is 13.3. The van der Waals surface area contributed by atoms with Gasteiger partial charge in [0.2, 0.25) is 0 Å². The Morgan fingerprint density at radius 2 is 1.89 bits per heavy atom. The molecule has 0 bridgehead atoms. The van der Waals surface area contributed by atoms with Crippen molar-refractivity contribution in [1.82, 2.24) is 20.1 Å². The van der Waals surface area contributed by atoms with Gasteiger partial charge in [-0.05, 0) is 48.4 Å². The number of pyridine rings is 1. The second-order valence-electron chi connectivity index (χ2n) is 8.15. The van der Waals surface area contributed by atoms with Crippen molar-refractivity contribution in [1.29, 1.82) is 0 Å². The first-order chi connectivity index (χ1) is 16.7. The highest BCUT2D eigenvalue weighted by Gasteiger charge is 2.22. The molecule has 1 amide bonds. The molecule has 2 aromatic carbocycles. The summed E-state index contributed by atoms with van der Waals surface area (Å²) in [6.07, 6.45) is 7.10. The van der Waals surface area contributed by atoms with Gasteiger partial charge in [0, 0.05) is 17.8 Å². The van der Waals surface area contributed by atoms with Gasteiger partial charge in [-0.1, -0.05) is 19.4 Å². The van der Waals surface area contributed by atoms with Crippen molar-refractivity contribution < 1.29 is 22.3 Å². The van der Waals surface area contributed by atoms with E-state index in [1.165, 1.54) is 25.4 Å². The molecule has 0 unspecified atom stereocenters. The summed E-state index contributed by atoms with van der Waals surface area (Å²) in [6.45, 7) is 1.98. The van der Waals surface area contributed by atoms with E-state index in [2.05, 4.69) is 15.4 Å². The van der Waals surface area contributed by atoms with Crippen molar-refractivity contribution in [3.05, 3.63) is 78.0 Å². The summed E-state index contributed by atoms with van der Waals surface area (Å²) >= 11 is 0. The van der Waals surface area contributed by atoms with Crippen LogP contribution in [0.2, 0.25) is 0 Å². The second-order valence-corrected chi connectivity index (χ2v) is 10.1. The highest BCUT2D eigenvalue weighted by atomic mass is 32.2. The van der Waals surface area contributed by atoms with Gasteiger partial charge in [-0.2, -0.15) is 5.10 Å². The van der Waals surface area contributed by atoms with Crippen molar-refractivity contribution >= 4 is 26.6 Å². The summed E-state index contributed by atoms with van der Waals surface area (Å²) in [6, 6.07) is 10.3. The molecule has 4 rings (SSSR count). The Balaban J connectivity index is 1.69. The van der Waals surface area contributed by atoms with E-state index in [4.69, 9.17) is 4.74 Å². The van der Waals surface area contributed by atoms with E-state index in [9.17, 15) is 17.6 Å². The third-order valence-electron chi connectivity index (χ3n) is 5.69. The number of rotatable bonds is 8.